The van der Waals surface area contributed by atoms with E-state index in [-0.39, 0.29) is 0 Å². The monoisotopic (exact) mass is 374 g/mol. The van der Waals surface area contributed by atoms with Crippen LogP contribution in [0.1, 0.15) is 16.8 Å². The molecule has 6 heteroatoms. The Morgan fingerprint density at radius 1 is 1.14 bits per heavy atom. The summed E-state index contributed by atoms with van der Waals surface area (Å²) in [6.45, 7) is 3.73. The zero-order chi connectivity index (χ0) is 19.3. The third kappa shape index (κ3) is 4.01. The number of benzene rings is 1. The lowest BCUT2D eigenvalue weighted by Gasteiger charge is -2.11. The van der Waals surface area contributed by atoms with E-state index >= 15 is 0 Å². The van der Waals surface area contributed by atoms with Crippen molar-refractivity contribution in [1.29, 1.82) is 0 Å². The minimum absolute atomic E-state index is 0.788. The van der Waals surface area contributed by atoms with E-state index in [4.69, 9.17) is 0 Å². The van der Waals surface area contributed by atoms with Crippen LogP contribution in [0.3, 0.4) is 0 Å². The van der Waals surface area contributed by atoms with Crippen LogP contribution in [0.2, 0.25) is 0 Å². The third-order valence-corrected chi connectivity index (χ3v) is 4.92. The normalized spacial score (nSPS) is 12.0. The molecule has 4 aromatic rings. The Hall–Kier alpha value is -3.28. The van der Waals surface area contributed by atoms with Gasteiger partial charge in [-0.1, -0.05) is 18.2 Å². The number of aromatic nitrogens is 3. The number of nitrogens with one attached hydrogen (secondary N) is 3. The molecule has 0 unspecified atom stereocenters. The number of aliphatic imine (C=N–C) groups is 1. The Balaban J connectivity index is 1.26. The number of pyridine rings is 1. The van der Waals surface area contributed by atoms with Crippen molar-refractivity contribution in [3.05, 3.63) is 71.8 Å². The molecule has 0 saturated carbocycles. The van der Waals surface area contributed by atoms with Gasteiger partial charge in [0, 0.05) is 56.1 Å². The molecular formula is C22H26N6. The van der Waals surface area contributed by atoms with Crippen molar-refractivity contribution in [2.24, 2.45) is 4.99 Å². The van der Waals surface area contributed by atoms with Crippen molar-refractivity contribution < 1.29 is 0 Å². The molecule has 3 heterocycles. The number of rotatable bonds is 6. The molecule has 0 aliphatic heterocycles. The quantitative estimate of drug-likeness (QED) is 0.359. The minimum atomic E-state index is 0.788. The van der Waals surface area contributed by atoms with Crippen LogP contribution < -0.4 is 10.6 Å². The number of hydrogen-bond acceptors (Lipinski definition) is 2. The predicted molar refractivity (Wildman–Crippen MR) is 115 cm³/mol. The fraction of sp³-hybridized carbons (Fsp3) is 0.273. The minimum Gasteiger partial charge on any atom is -0.361 e. The molecule has 3 aromatic heterocycles. The number of hydrogen-bond donors (Lipinski definition) is 3. The Kier molecular flexibility index (Phi) is 5.28. The second-order valence-corrected chi connectivity index (χ2v) is 6.99. The molecule has 0 atom stereocenters. The molecule has 0 aliphatic rings. The molecule has 3 N–H and O–H groups in total. The number of aryl methyl sites for hydroxylation is 1. The van der Waals surface area contributed by atoms with Gasteiger partial charge in [0.05, 0.1) is 5.69 Å². The fourth-order valence-electron chi connectivity index (χ4n) is 3.46. The molecule has 0 bridgehead atoms. The zero-order valence-electron chi connectivity index (χ0n) is 16.4. The van der Waals surface area contributed by atoms with Gasteiger partial charge in [-0.05, 0) is 42.7 Å². The second kappa shape index (κ2) is 8.17. The summed E-state index contributed by atoms with van der Waals surface area (Å²) in [5, 5.41) is 8.06. The average Bonchev–Trinajstić information content (AvgIpc) is 3.30. The van der Waals surface area contributed by atoms with Crippen LogP contribution in [0.4, 0.5) is 0 Å². The van der Waals surface area contributed by atoms with Gasteiger partial charge in [-0.15, -0.1) is 0 Å². The lowest BCUT2D eigenvalue weighted by atomic mass is 10.1. The number of H-pyrrole nitrogens is 1. The summed E-state index contributed by atoms with van der Waals surface area (Å²) in [6.07, 6.45) is 7.99. The second-order valence-electron chi connectivity index (χ2n) is 6.99. The van der Waals surface area contributed by atoms with Gasteiger partial charge in [0.2, 0.25) is 0 Å². The summed E-state index contributed by atoms with van der Waals surface area (Å²) in [4.78, 5) is 12.3. The van der Waals surface area contributed by atoms with Crippen molar-refractivity contribution in [2.75, 3.05) is 20.1 Å². The summed E-state index contributed by atoms with van der Waals surface area (Å²) < 4.78 is 2.05. The van der Waals surface area contributed by atoms with Gasteiger partial charge in [-0.25, -0.2) is 4.98 Å². The van der Waals surface area contributed by atoms with E-state index in [2.05, 4.69) is 63.1 Å². The zero-order valence-corrected chi connectivity index (χ0v) is 16.4. The van der Waals surface area contributed by atoms with E-state index in [1.54, 1.807) is 7.05 Å². The van der Waals surface area contributed by atoms with Gasteiger partial charge in [0.1, 0.15) is 5.65 Å². The largest absolute Gasteiger partial charge is 0.361 e. The van der Waals surface area contributed by atoms with Crippen molar-refractivity contribution in [3.63, 3.8) is 0 Å². The molecular weight excluding hydrogens is 348 g/mol. The van der Waals surface area contributed by atoms with Crippen molar-refractivity contribution in [1.82, 2.24) is 25.0 Å². The first-order chi connectivity index (χ1) is 13.7. The smallest absolute Gasteiger partial charge is 0.190 e. The van der Waals surface area contributed by atoms with Gasteiger partial charge >= 0.3 is 0 Å². The topological polar surface area (TPSA) is 69.5 Å². The lowest BCUT2D eigenvalue weighted by molar-refractivity contribution is 0.779. The van der Waals surface area contributed by atoms with E-state index in [0.717, 1.165) is 43.2 Å². The fourth-order valence-corrected chi connectivity index (χ4v) is 3.46. The van der Waals surface area contributed by atoms with Crippen LogP contribution in [0, 0.1) is 6.92 Å². The number of aromatic amines is 1. The molecule has 0 amide bonds. The molecule has 0 aliphatic carbocycles. The van der Waals surface area contributed by atoms with Crippen LogP contribution in [-0.2, 0) is 12.8 Å². The van der Waals surface area contributed by atoms with E-state index in [9.17, 15) is 0 Å². The van der Waals surface area contributed by atoms with Crippen molar-refractivity contribution >= 4 is 22.5 Å². The SMILES string of the molecule is CN=C(NCCc1cn2ccccc2n1)NCCc1c[nH]c2cc(C)ccc12. The highest BCUT2D eigenvalue weighted by atomic mass is 15.2. The number of fused-ring (bicyclic) bond motifs is 2. The lowest BCUT2D eigenvalue weighted by Crippen LogP contribution is -2.39. The Bertz CT molecular complexity index is 1070. The van der Waals surface area contributed by atoms with Crippen LogP contribution in [-0.4, -0.2) is 40.5 Å². The number of imidazole rings is 1. The van der Waals surface area contributed by atoms with Crippen LogP contribution in [0.25, 0.3) is 16.6 Å². The molecule has 6 nitrogen and oxygen atoms in total. The summed E-state index contributed by atoms with van der Waals surface area (Å²) in [7, 11) is 1.80. The maximum absolute atomic E-state index is 4.63. The van der Waals surface area contributed by atoms with Crippen molar-refractivity contribution in [2.45, 2.75) is 19.8 Å². The highest BCUT2D eigenvalue weighted by Crippen LogP contribution is 2.19. The Morgan fingerprint density at radius 2 is 2.00 bits per heavy atom. The Labute approximate surface area is 164 Å². The molecule has 4 rings (SSSR count). The first kappa shape index (κ1) is 18.1. The van der Waals surface area contributed by atoms with E-state index in [1.807, 2.05) is 28.8 Å². The van der Waals surface area contributed by atoms with Gasteiger partial charge in [-0.3, -0.25) is 4.99 Å². The maximum atomic E-state index is 4.63. The Morgan fingerprint density at radius 3 is 2.82 bits per heavy atom. The van der Waals surface area contributed by atoms with E-state index < -0.39 is 0 Å². The third-order valence-electron chi connectivity index (χ3n) is 4.92. The van der Waals surface area contributed by atoms with Gasteiger partial charge in [0.25, 0.3) is 0 Å². The first-order valence-corrected chi connectivity index (χ1v) is 9.66. The summed E-state index contributed by atoms with van der Waals surface area (Å²) in [5.41, 5.74) is 5.85. The first-order valence-electron chi connectivity index (χ1n) is 9.66. The molecule has 0 fully saturated rings. The molecule has 0 spiro atoms. The van der Waals surface area contributed by atoms with Crippen LogP contribution >= 0.6 is 0 Å². The molecule has 0 saturated heterocycles. The highest BCUT2D eigenvalue weighted by Gasteiger charge is 2.05. The van der Waals surface area contributed by atoms with Gasteiger partial charge in [0.15, 0.2) is 5.96 Å². The highest BCUT2D eigenvalue weighted by molar-refractivity contribution is 5.84. The average molecular weight is 374 g/mol. The van der Waals surface area contributed by atoms with Gasteiger partial charge < -0.3 is 20.0 Å². The summed E-state index contributed by atoms with van der Waals surface area (Å²) >= 11 is 0. The van der Waals surface area contributed by atoms with Crippen LogP contribution in [0.5, 0.6) is 0 Å². The molecule has 0 radical (unpaired) electrons. The standard InChI is InChI=1S/C22H26N6/c1-16-6-7-19-17(14-26-20(19)13-16)8-10-24-22(23-2)25-11-9-18-15-28-12-4-3-5-21(28)27-18/h3-7,12-15,26H,8-11H2,1-2H3,(H2,23,24,25). The van der Waals surface area contributed by atoms with Crippen molar-refractivity contribution in [3.8, 4) is 0 Å². The summed E-state index contributed by atoms with van der Waals surface area (Å²) in [5.74, 6) is 0.819. The van der Waals surface area contributed by atoms with E-state index in [1.165, 1.54) is 22.0 Å². The summed E-state index contributed by atoms with van der Waals surface area (Å²) in [6, 6.07) is 12.6. The maximum Gasteiger partial charge on any atom is 0.190 e. The van der Waals surface area contributed by atoms with E-state index in [0.29, 0.717) is 0 Å². The van der Waals surface area contributed by atoms with Gasteiger partial charge in [-0.2, -0.15) is 0 Å². The molecule has 1 aromatic carbocycles. The predicted octanol–water partition coefficient (Wildman–Crippen LogP) is 3.07. The number of nitrogens with zero attached hydrogens (tertiary/aromatic N) is 3. The van der Waals surface area contributed by atoms with Crippen LogP contribution in [0.15, 0.2) is 60.0 Å². The molecule has 28 heavy (non-hydrogen) atoms. The number of guanidine groups is 1. The molecule has 144 valence electrons.